The monoisotopic (exact) mass is 257 g/mol. The van der Waals surface area contributed by atoms with Crippen molar-refractivity contribution < 1.29 is 14.7 Å². The second-order valence-corrected chi connectivity index (χ2v) is 4.40. The first-order chi connectivity index (χ1) is 9.08. The van der Waals surface area contributed by atoms with Gasteiger partial charge in [-0.15, -0.1) is 0 Å². The molecule has 1 amide bonds. The highest BCUT2D eigenvalue weighted by Gasteiger charge is 2.27. The summed E-state index contributed by atoms with van der Waals surface area (Å²) >= 11 is 0. The van der Waals surface area contributed by atoms with Gasteiger partial charge in [-0.2, -0.15) is 5.10 Å². The standard InChI is InChI=1S/C13H11N3O3/c1-16-11-4-2-3-7(8(11)5-12(16)17)9-6-10(13(18)19)15-14-9/h2-4,6H,5H2,1H3,(H,14,15)(H,18,19). The van der Waals surface area contributed by atoms with Gasteiger partial charge in [0.1, 0.15) is 5.69 Å². The second kappa shape index (κ2) is 3.94. The SMILES string of the molecule is CN1C(=O)Cc2c(-c3cc(C(=O)O)[nH]n3)cccc21. The van der Waals surface area contributed by atoms with Gasteiger partial charge >= 0.3 is 5.97 Å². The quantitative estimate of drug-likeness (QED) is 0.848. The van der Waals surface area contributed by atoms with Crippen molar-refractivity contribution in [3.05, 3.63) is 35.5 Å². The molecule has 6 nitrogen and oxygen atoms in total. The van der Waals surface area contributed by atoms with Crippen LogP contribution in [0.3, 0.4) is 0 Å². The third kappa shape index (κ3) is 1.69. The molecule has 2 N–H and O–H groups in total. The number of amides is 1. The molecule has 2 heterocycles. The van der Waals surface area contributed by atoms with Gasteiger partial charge < -0.3 is 10.0 Å². The summed E-state index contributed by atoms with van der Waals surface area (Å²) in [6.45, 7) is 0. The first kappa shape index (κ1) is 11.5. The van der Waals surface area contributed by atoms with E-state index in [4.69, 9.17) is 5.11 Å². The minimum absolute atomic E-state index is 0.0245. The van der Waals surface area contributed by atoms with Gasteiger partial charge in [-0.3, -0.25) is 9.89 Å². The molecule has 0 saturated heterocycles. The number of carboxylic acid groups (broad SMARTS) is 1. The summed E-state index contributed by atoms with van der Waals surface area (Å²) < 4.78 is 0. The van der Waals surface area contributed by atoms with Gasteiger partial charge in [-0.1, -0.05) is 12.1 Å². The second-order valence-electron chi connectivity index (χ2n) is 4.40. The number of benzene rings is 1. The summed E-state index contributed by atoms with van der Waals surface area (Å²) in [5.74, 6) is -1.03. The van der Waals surface area contributed by atoms with Crippen LogP contribution < -0.4 is 4.90 Å². The molecule has 0 unspecified atom stereocenters. The van der Waals surface area contributed by atoms with E-state index in [0.717, 1.165) is 16.8 Å². The van der Waals surface area contributed by atoms with Crippen LogP contribution in [0.25, 0.3) is 11.3 Å². The number of carboxylic acids is 1. The molecule has 0 aliphatic carbocycles. The van der Waals surface area contributed by atoms with E-state index in [1.807, 2.05) is 18.2 Å². The van der Waals surface area contributed by atoms with Crippen molar-refractivity contribution in [1.29, 1.82) is 0 Å². The lowest BCUT2D eigenvalue weighted by molar-refractivity contribution is -0.117. The number of carbonyl (C=O) groups is 2. The van der Waals surface area contributed by atoms with Crippen molar-refractivity contribution in [2.75, 3.05) is 11.9 Å². The number of anilines is 1. The Morgan fingerprint density at radius 2 is 2.26 bits per heavy atom. The summed E-state index contributed by atoms with van der Waals surface area (Å²) in [5.41, 5.74) is 3.10. The summed E-state index contributed by atoms with van der Waals surface area (Å²) in [7, 11) is 1.73. The zero-order chi connectivity index (χ0) is 13.6. The van der Waals surface area contributed by atoms with Crippen LogP contribution >= 0.6 is 0 Å². The van der Waals surface area contributed by atoms with Gasteiger partial charge in [-0.05, 0) is 17.7 Å². The number of hydrogen-bond donors (Lipinski definition) is 2. The van der Waals surface area contributed by atoms with E-state index in [0.29, 0.717) is 12.1 Å². The maximum atomic E-state index is 11.7. The highest BCUT2D eigenvalue weighted by molar-refractivity contribution is 6.03. The Labute approximate surface area is 108 Å². The van der Waals surface area contributed by atoms with Gasteiger partial charge in [0.05, 0.1) is 12.1 Å². The molecule has 3 rings (SSSR count). The molecule has 19 heavy (non-hydrogen) atoms. The van der Waals surface area contributed by atoms with Crippen LogP contribution in [0.1, 0.15) is 16.1 Å². The number of nitrogens with zero attached hydrogens (tertiary/aromatic N) is 2. The van der Waals surface area contributed by atoms with Crippen LogP contribution in [-0.4, -0.2) is 34.2 Å². The lowest BCUT2D eigenvalue weighted by atomic mass is 10.0. The van der Waals surface area contributed by atoms with E-state index in [1.54, 1.807) is 11.9 Å². The first-order valence-corrected chi connectivity index (χ1v) is 5.75. The molecule has 0 bridgehead atoms. The first-order valence-electron chi connectivity index (χ1n) is 5.75. The number of fused-ring (bicyclic) bond motifs is 1. The van der Waals surface area contributed by atoms with Gasteiger partial charge in [0, 0.05) is 18.3 Å². The Hall–Kier alpha value is -2.63. The molecule has 0 saturated carbocycles. The summed E-state index contributed by atoms with van der Waals surface area (Å²) in [6.07, 6.45) is 0.317. The van der Waals surface area contributed by atoms with Crippen LogP contribution in [0.2, 0.25) is 0 Å². The molecular weight excluding hydrogens is 246 g/mol. The number of aromatic nitrogens is 2. The highest BCUT2D eigenvalue weighted by Crippen LogP contribution is 2.35. The number of H-pyrrole nitrogens is 1. The van der Waals surface area contributed by atoms with E-state index < -0.39 is 5.97 Å². The van der Waals surface area contributed by atoms with Crippen LogP contribution in [0.5, 0.6) is 0 Å². The topological polar surface area (TPSA) is 86.3 Å². The number of aromatic carboxylic acids is 1. The van der Waals surface area contributed by atoms with Crippen molar-refractivity contribution in [2.45, 2.75) is 6.42 Å². The van der Waals surface area contributed by atoms with Crippen molar-refractivity contribution in [3.63, 3.8) is 0 Å². The van der Waals surface area contributed by atoms with Gasteiger partial charge in [0.25, 0.3) is 0 Å². The van der Waals surface area contributed by atoms with Crippen LogP contribution in [-0.2, 0) is 11.2 Å². The van der Waals surface area contributed by atoms with E-state index in [-0.39, 0.29) is 11.6 Å². The molecule has 6 heteroatoms. The lowest BCUT2D eigenvalue weighted by Gasteiger charge is -2.10. The minimum atomic E-state index is -1.06. The van der Waals surface area contributed by atoms with Crippen molar-refractivity contribution in [1.82, 2.24) is 10.2 Å². The van der Waals surface area contributed by atoms with Crippen LogP contribution in [0.4, 0.5) is 5.69 Å². The van der Waals surface area contributed by atoms with E-state index in [1.165, 1.54) is 6.07 Å². The molecule has 0 fully saturated rings. The molecule has 0 atom stereocenters. The molecule has 96 valence electrons. The fourth-order valence-corrected chi connectivity index (χ4v) is 2.29. The Morgan fingerprint density at radius 3 is 2.95 bits per heavy atom. The Kier molecular flexibility index (Phi) is 2.38. The third-order valence-corrected chi connectivity index (χ3v) is 3.30. The zero-order valence-electron chi connectivity index (χ0n) is 10.2. The van der Waals surface area contributed by atoms with E-state index in [2.05, 4.69) is 10.2 Å². The molecule has 2 aromatic rings. The van der Waals surface area contributed by atoms with Crippen molar-refractivity contribution in [2.24, 2.45) is 0 Å². The molecule has 1 aromatic carbocycles. The predicted molar refractivity (Wildman–Crippen MR) is 68.1 cm³/mol. The maximum absolute atomic E-state index is 11.7. The maximum Gasteiger partial charge on any atom is 0.353 e. The Bertz CT molecular complexity index is 690. The van der Waals surface area contributed by atoms with Crippen molar-refractivity contribution in [3.8, 4) is 11.3 Å². The minimum Gasteiger partial charge on any atom is -0.477 e. The molecule has 0 spiro atoms. The highest BCUT2D eigenvalue weighted by atomic mass is 16.4. The van der Waals surface area contributed by atoms with Crippen molar-refractivity contribution >= 4 is 17.6 Å². The smallest absolute Gasteiger partial charge is 0.353 e. The molecule has 1 aliphatic heterocycles. The average Bonchev–Trinajstić information content (AvgIpc) is 2.96. The number of carbonyl (C=O) groups excluding carboxylic acids is 1. The molecule has 1 aromatic heterocycles. The van der Waals surface area contributed by atoms with Crippen LogP contribution in [0, 0.1) is 0 Å². The summed E-state index contributed by atoms with van der Waals surface area (Å²) in [6, 6.07) is 7.01. The normalized spacial score (nSPS) is 13.7. The van der Waals surface area contributed by atoms with Gasteiger partial charge in [0.2, 0.25) is 5.91 Å². The van der Waals surface area contributed by atoms with Gasteiger partial charge in [-0.25, -0.2) is 4.79 Å². The number of aromatic amines is 1. The average molecular weight is 257 g/mol. The summed E-state index contributed by atoms with van der Waals surface area (Å²) in [5, 5.41) is 15.4. The lowest BCUT2D eigenvalue weighted by Crippen LogP contribution is -2.20. The molecule has 1 aliphatic rings. The van der Waals surface area contributed by atoms with Crippen LogP contribution in [0.15, 0.2) is 24.3 Å². The predicted octanol–water partition coefficient (Wildman–Crippen LogP) is 1.29. The fraction of sp³-hybridized carbons (Fsp3) is 0.154. The van der Waals surface area contributed by atoms with E-state index in [9.17, 15) is 9.59 Å². The number of hydrogen-bond acceptors (Lipinski definition) is 3. The molecule has 0 radical (unpaired) electrons. The third-order valence-electron chi connectivity index (χ3n) is 3.30. The molecular formula is C13H11N3O3. The summed E-state index contributed by atoms with van der Waals surface area (Å²) in [4.78, 5) is 24.2. The number of likely N-dealkylation sites (N-methyl/N-ethyl adjacent to an activating group) is 1. The zero-order valence-corrected chi connectivity index (χ0v) is 10.2. The number of rotatable bonds is 2. The van der Waals surface area contributed by atoms with E-state index >= 15 is 0 Å². The Morgan fingerprint density at radius 1 is 1.47 bits per heavy atom. The Balaban J connectivity index is 2.12. The van der Waals surface area contributed by atoms with Gasteiger partial charge in [0.15, 0.2) is 0 Å². The largest absolute Gasteiger partial charge is 0.477 e. The fourth-order valence-electron chi connectivity index (χ4n) is 2.29. The number of nitrogens with one attached hydrogen (secondary N) is 1.